The number of benzene rings is 1. The zero-order valence-electron chi connectivity index (χ0n) is 10.1. The highest BCUT2D eigenvalue weighted by molar-refractivity contribution is 5.82. The van der Waals surface area contributed by atoms with Gasteiger partial charge in [-0.1, -0.05) is 6.07 Å². The van der Waals surface area contributed by atoms with E-state index in [1.54, 1.807) is 0 Å². The normalized spacial score (nSPS) is 21.9. The molecule has 0 bridgehead atoms. The number of esters is 1. The highest BCUT2D eigenvalue weighted by atomic mass is 16.5. The van der Waals surface area contributed by atoms with Crippen molar-refractivity contribution in [1.82, 2.24) is 0 Å². The number of rotatable bonds is 2. The molecule has 0 saturated carbocycles. The Bertz CT molecular complexity index is 456. The SMILES string of the molecule is COC(=O)C1CCN1c1ccc2c(c1)CCC2. The number of carbonyl (C=O) groups is 1. The summed E-state index contributed by atoms with van der Waals surface area (Å²) in [6.45, 7) is 0.957. The van der Waals surface area contributed by atoms with E-state index in [0.29, 0.717) is 0 Å². The predicted molar refractivity (Wildman–Crippen MR) is 66.2 cm³/mol. The monoisotopic (exact) mass is 231 g/mol. The molecule has 0 aromatic heterocycles. The molecule has 1 atom stereocenters. The molecule has 0 spiro atoms. The zero-order chi connectivity index (χ0) is 11.8. The Hall–Kier alpha value is -1.51. The van der Waals surface area contributed by atoms with Gasteiger partial charge in [0.25, 0.3) is 0 Å². The molecule has 1 aliphatic heterocycles. The fraction of sp³-hybridized carbons (Fsp3) is 0.500. The smallest absolute Gasteiger partial charge is 0.328 e. The van der Waals surface area contributed by atoms with Crippen molar-refractivity contribution in [3.63, 3.8) is 0 Å². The number of anilines is 1. The van der Waals surface area contributed by atoms with Gasteiger partial charge >= 0.3 is 5.97 Å². The molecule has 2 aliphatic rings. The van der Waals surface area contributed by atoms with Gasteiger partial charge in [0.2, 0.25) is 0 Å². The minimum atomic E-state index is -0.114. The minimum absolute atomic E-state index is 0.0700. The van der Waals surface area contributed by atoms with Gasteiger partial charge in [-0.05, 0) is 48.9 Å². The Morgan fingerprint density at radius 2 is 2.18 bits per heavy atom. The lowest BCUT2D eigenvalue weighted by Crippen LogP contribution is -2.53. The highest BCUT2D eigenvalue weighted by Gasteiger charge is 2.35. The number of fused-ring (bicyclic) bond motifs is 1. The van der Waals surface area contributed by atoms with Crippen LogP contribution in [0.15, 0.2) is 18.2 Å². The molecule has 1 unspecified atom stereocenters. The molecule has 1 saturated heterocycles. The molecular formula is C14H17NO2. The van der Waals surface area contributed by atoms with Crippen LogP contribution in [0.5, 0.6) is 0 Å². The predicted octanol–water partition coefficient (Wildman–Crippen LogP) is 1.93. The summed E-state index contributed by atoms with van der Waals surface area (Å²) in [5.41, 5.74) is 4.11. The van der Waals surface area contributed by atoms with Gasteiger partial charge in [0, 0.05) is 12.2 Å². The van der Waals surface area contributed by atoms with E-state index in [-0.39, 0.29) is 12.0 Å². The van der Waals surface area contributed by atoms with Crippen LogP contribution < -0.4 is 4.90 Å². The molecule has 1 aromatic carbocycles. The Morgan fingerprint density at radius 3 is 2.88 bits per heavy atom. The maximum atomic E-state index is 11.5. The number of nitrogens with zero attached hydrogens (tertiary/aromatic N) is 1. The van der Waals surface area contributed by atoms with Crippen molar-refractivity contribution in [1.29, 1.82) is 0 Å². The number of hydrogen-bond acceptors (Lipinski definition) is 3. The van der Waals surface area contributed by atoms with Crippen LogP contribution in [-0.2, 0) is 22.4 Å². The number of hydrogen-bond donors (Lipinski definition) is 0. The molecule has 0 N–H and O–H groups in total. The molecule has 1 fully saturated rings. The van der Waals surface area contributed by atoms with Crippen LogP contribution in [-0.4, -0.2) is 25.7 Å². The molecule has 3 heteroatoms. The summed E-state index contributed by atoms with van der Waals surface area (Å²) in [6, 6.07) is 6.53. The first-order chi connectivity index (χ1) is 8.29. The Kier molecular flexibility index (Phi) is 2.54. The number of methoxy groups -OCH3 is 1. The van der Waals surface area contributed by atoms with Crippen molar-refractivity contribution in [2.24, 2.45) is 0 Å². The summed E-state index contributed by atoms with van der Waals surface area (Å²) in [7, 11) is 1.46. The molecular weight excluding hydrogens is 214 g/mol. The van der Waals surface area contributed by atoms with Crippen LogP contribution in [0.3, 0.4) is 0 Å². The van der Waals surface area contributed by atoms with Crippen LogP contribution in [0.4, 0.5) is 5.69 Å². The van der Waals surface area contributed by atoms with Gasteiger partial charge in [-0.2, -0.15) is 0 Å². The number of carbonyl (C=O) groups excluding carboxylic acids is 1. The van der Waals surface area contributed by atoms with Gasteiger partial charge in [-0.15, -0.1) is 0 Å². The second kappa shape index (κ2) is 4.06. The first-order valence-electron chi connectivity index (χ1n) is 6.26. The number of ether oxygens (including phenoxy) is 1. The second-order valence-electron chi connectivity index (χ2n) is 4.83. The van der Waals surface area contributed by atoms with Gasteiger partial charge in [0.1, 0.15) is 6.04 Å². The zero-order valence-corrected chi connectivity index (χ0v) is 10.1. The Labute approximate surface area is 101 Å². The van der Waals surface area contributed by atoms with Gasteiger partial charge in [-0.25, -0.2) is 4.79 Å². The van der Waals surface area contributed by atoms with E-state index < -0.39 is 0 Å². The third kappa shape index (κ3) is 1.70. The highest BCUT2D eigenvalue weighted by Crippen LogP contribution is 2.31. The third-order valence-electron chi connectivity index (χ3n) is 3.91. The van der Waals surface area contributed by atoms with Crippen LogP contribution >= 0.6 is 0 Å². The second-order valence-corrected chi connectivity index (χ2v) is 4.83. The molecule has 3 rings (SSSR count). The first-order valence-corrected chi connectivity index (χ1v) is 6.26. The van der Waals surface area contributed by atoms with Gasteiger partial charge < -0.3 is 9.64 Å². The lowest BCUT2D eigenvalue weighted by molar-refractivity contribution is -0.143. The molecule has 0 radical (unpaired) electrons. The van der Waals surface area contributed by atoms with Crippen molar-refractivity contribution in [2.45, 2.75) is 31.7 Å². The fourth-order valence-electron chi connectivity index (χ4n) is 2.81. The van der Waals surface area contributed by atoms with Crippen LogP contribution in [0.1, 0.15) is 24.0 Å². The molecule has 1 aromatic rings. The van der Waals surface area contributed by atoms with Crippen molar-refractivity contribution in [3.8, 4) is 0 Å². The van der Waals surface area contributed by atoms with Crippen molar-refractivity contribution in [3.05, 3.63) is 29.3 Å². The molecule has 17 heavy (non-hydrogen) atoms. The lowest BCUT2D eigenvalue weighted by Gasteiger charge is -2.40. The van der Waals surface area contributed by atoms with E-state index in [9.17, 15) is 4.79 Å². The van der Waals surface area contributed by atoms with E-state index in [1.165, 1.54) is 43.2 Å². The summed E-state index contributed by atoms with van der Waals surface area (Å²) in [5.74, 6) is -0.114. The van der Waals surface area contributed by atoms with Crippen LogP contribution in [0, 0.1) is 0 Å². The Balaban J connectivity index is 1.83. The topological polar surface area (TPSA) is 29.5 Å². The maximum Gasteiger partial charge on any atom is 0.328 e. The molecule has 90 valence electrons. The van der Waals surface area contributed by atoms with Crippen LogP contribution in [0.25, 0.3) is 0 Å². The molecule has 3 nitrogen and oxygen atoms in total. The van der Waals surface area contributed by atoms with Gasteiger partial charge in [0.15, 0.2) is 0 Å². The maximum absolute atomic E-state index is 11.5. The van der Waals surface area contributed by atoms with Gasteiger partial charge in [0.05, 0.1) is 7.11 Å². The minimum Gasteiger partial charge on any atom is -0.467 e. The standard InChI is InChI=1S/C14H17NO2/c1-17-14(16)13-7-8-15(13)12-6-5-10-3-2-4-11(10)9-12/h5-6,9,13H,2-4,7-8H2,1H3. The van der Waals surface area contributed by atoms with Crippen molar-refractivity contribution in [2.75, 3.05) is 18.6 Å². The summed E-state index contributed by atoms with van der Waals surface area (Å²) in [5, 5.41) is 0. The van der Waals surface area contributed by atoms with Gasteiger partial charge in [-0.3, -0.25) is 0 Å². The van der Waals surface area contributed by atoms with Crippen molar-refractivity contribution < 1.29 is 9.53 Å². The summed E-state index contributed by atoms with van der Waals surface area (Å²) >= 11 is 0. The summed E-state index contributed by atoms with van der Waals surface area (Å²) in [6.07, 6.45) is 4.55. The largest absolute Gasteiger partial charge is 0.467 e. The van der Waals surface area contributed by atoms with E-state index in [0.717, 1.165) is 13.0 Å². The quantitative estimate of drug-likeness (QED) is 0.728. The first kappa shape index (κ1) is 10.6. The molecule has 0 amide bonds. The average molecular weight is 231 g/mol. The van der Waals surface area contributed by atoms with E-state index in [1.807, 2.05) is 0 Å². The van der Waals surface area contributed by atoms with Crippen LogP contribution in [0.2, 0.25) is 0 Å². The summed E-state index contributed by atoms with van der Waals surface area (Å²) < 4.78 is 4.82. The fourth-order valence-corrected chi connectivity index (χ4v) is 2.81. The molecule has 1 aliphatic carbocycles. The number of aryl methyl sites for hydroxylation is 2. The van der Waals surface area contributed by atoms with Crippen molar-refractivity contribution >= 4 is 11.7 Å². The lowest BCUT2D eigenvalue weighted by atomic mass is 10.00. The average Bonchev–Trinajstić information content (AvgIpc) is 2.74. The Morgan fingerprint density at radius 1 is 1.35 bits per heavy atom. The van der Waals surface area contributed by atoms with E-state index in [2.05, 4.69) is 23.1 Å². The molecule has 1 heterocycles. The third-order valence-corrected chi connectivity index (χ3v) is 3.91. The summed E-state index contributed by atoms with van der Waals surface area (Å²) in [4.78, 5) is 13.7. The van der Waals surface area contributed by atoms with E-state index >= 15 is 0 Å². The van der Waals surface area contributed by atoms with E-state index in [4.69, 9.17) is 4.74 Å².